The molecule has 2 aromatic carbocycles. The summed E-state index contributed by atoms with van der Waals surface area (Å²) in [6.07, 6.45) is 0.174. The van der Waals surface area contributed by atoms with Gasteiger partial charge >= 0.3 is 0 Å². The largest absolute Gasteiger partial charge is 0.297 e. The molecule has 2 saturated heterocycles. The van der Waals surface area contributed by atoms with E-state index in [0.29, 0.717) is 5.69 Å². The van der Waals surface area contributed by atoms with Crippen LogP contribution in [0.5, 0.6) is 0 Å². The minimum atomic E-state index is -0.435. The van der Waals surface area contributed by atoms with Gasteiger partial charge in [-0.3, -0.25) is 19.4 Å². The van der Waals surface area contributed by atoms with Crippen molar-refractivity contribution < 1.29 is 14.0 Å². The van der Waals surface area contributed by atoms with E-state index in [9.17, 15) is 14.0 Å². The van der Waals surface area contributed by atoms with Gasteiger partial charge in [-0.1, -0.05) is 23.7 Å². The van der Waals surface area contributed by atoms with Gasteiger partial charge in [0, 0.05) is 37.7 Å². The van der Waals surface area contributed by atoms with Crippen LogP contribution in [0.15, 0.2) is 48.5 Å². The van der Waals surface area contributed by atoms with Gasteiger partial charge in [-0.15, -0.1) is 0 Å². The maximum absolute atomic E-state index is 13.1. The second-order valence-electron chi connectivity index (χ2n) is 7.20. The van der Waals surface area contributed by atoms with Crippen LogP contribution in [0.3, 0.4) is 0 Å². The number of carbonyl (C=O) groups is 2. The van der Waals surface area contributed by atoms with Crippen molar-refractivity contribution in [3.05, 3.63) is 64.9 Å². The highest BCUT2D eigenvalue weighted by Gasteiger charge is 2.43. The number of piperazine rings is 1. The maximum Gasteiger partial charge on any atom is 0.251 e. The van der Waals surface area contributed by atoms with E-state index in [0.717, 1.165) is 37.7 Å². The molecule has 0 saturated carbocycles. The summed E-state index contributed by atoms with van der Waals surface area (Å²) in [6, 6.07) is 12.9. The second-order valence-corrected chi connectivity index (χ2v) is 7.64. The van der Waals surface area contributed by atoms with E-state index in [1.807, 2.05) is 24.3 Å². The number of amides is 2. The zero-order valence-corrected chi connectivity index (χ0v) is 16.1. The highest BCUT2D eigenvalue weighted by Crippen LogP contribution is 2.26. The van der Waals surface area contributed by atoms with Gasteiger partial charge in [-0.25, -0.2) is 9.29 Å². The molecule has 4 rings (SSSR count). The number of anilines is 1. The van der Waals surface area contributed by atoms with E-state index in [1.165, 1.54) is 34.7 Å². The van der Waals surface area contributed by atoms with Crippen LogP contribution >= 0.6 is 11.6 Å². The summed E-state index contributed by atoms with van der Waals surface area (Å²) in [5.74, 6) is -0.843. The molecular weight excluding hydrogens is 381 g/mol. The van der Waals surface area contributed by atoms with Crippen molar-refractivity contribution in [3.63, 3.8) is 0 Å². The Morgan fingerprint density at radius 3 is 2.21 bits per heavy atom. The smallest absolute Gasteiger partial charge is 0.251 e. The van der Waals surface area contributed by atoms with Crippen LogP contribution in [0, 0.1) is 5.82 Å². The van der Waals surface area contributed by atoms with Crippen LogP contribution in [0.25, 0.3) is 0 Å². The Hall–Kier alpha value is -2.28. The molecule has 2 aliphatic heterocycles. The number of benzene rings is 2. The van der Waals surface area contributed by atoms with Crippen molar-refractivity contribution in [1.29, 1.82) is 0 Å². The molecule has 2 amide bonds. The summed E-state index contributed by atoms with van der Waals surface area (Å²) in [6.45, 7) is 3.96. The van der Waals surface area contributed by atoms with Crippen LogP contribution < -0.4 is 4.90 Å². The molecule has 7 heteroatoms. The zero-order valence-electron chi connectivity index (χ0n) is 15.4. The molecule has 2 aliphatic rings. The third-order valence-corrected chi connectivity index (χ3v) is 5.63. The topological polar surface area (TPSA) is 43.9 Å². The first-order valence-electron chi connectivity index (χ1n) is 9.34. The molecule has 28 heavy (non-hydrogen) atoms. The molecule has 0 bridgehead atoms. The van der Waals surface area contributed by atoms with Crippen LogP contribution in [-0.2, 0) is 16.1 Å². The Bertz CT molecular complexity index is 864. The summed E-state index contributed by atoms with van der Waals surface area (Å²) in [5.41, 5.74) is 1.63. The van der Waals surface area contributed by atoms with E-state index in [4.69, 9.17) is 11.6 Å². The molecule has 1 atom stereocenters. The summed E-state index contributed by atoms with van der Waals surface area (Å²) < 4.78 is 13.1. The lowest BCUT2D eigenvalue weighted by Crippen LogP contribution is -2.52. The van der Waals surface area contributed by atoms with E-state index in [1.54, 1.807) is 0 Å². The number of hydrogen-bond acceptors (Lipinski definition) is 4. The fourth-order valence-corrected chi connectivity index (χ4v) is 3.97. The Kier molecular flexibility index (Phi) is 5.44. The van der Waals surface area contributed by atoms with Crippen molar-refractivity contribution in [1.82, 2.24) is 9.80 Å². The number of halogens is 2. The van der Waals surface area contributed by atoms with Gasteiger partial charge in [0.05, 0.1) is 18.2 Å². The number of imide groups is 1. The molecule has 1 unspecified atom stereocenters. The first kappa shape index (κ1) is 19.1. The molecule has 0 radical (unpaired) electrons. The molecule has 2 fully saturated rings. The Morgan fingerprint density at radius 2 is 1.57 bits per heavy atom. The summed E-state index contributed by atoms with van der Waals surface area (Å²) in [5, 5.41) is 0.726. The quantitative estimate of drug-likeness (QED) is 0.739. The lowest BCUT2D eigenvalue weighted by molar-refractivity contribution is -0.123. The Labute approximate surface area is 168 Å². The molecule has 0 N–H and O–H groups in total. The minimum Gasteiger partial charge on any atom is -0.297 e. The number of hydrogen-bond donors (Lipinski definition) is 0. The van der Waals surface area contributed by atoms with Gasteiger partial charge in [0.15, 0.2) is 0 Å². The Balaban J connectivity index is 1.37. The molecule has 0 spiro atoms. The third kappa shape index (κ3) is 3.94. The van der Waals surface area contributed by atoms with Crippen molar-refractivity contribution in [2.24, 2.45) is 0 Å². The highest BCUT2D eigenvalue weighted by atomic mass is 35.5. The third-order valence-electron chi connectivity index (χ3n) is 5.37. The van der Waals surface area contributed by atoms with Gasteiger partial charge in [-0.2, -0.15) is 0 Å². The summed E-state index contributed by atoms with van der Waals surface area (Å²) in [7, 11) is 0. The van der Waals surface area contributed by atoms with Crippen molar-refractivity contribution in [2.75, 3.05) is 31.1 Å². The fourth-order valence-electron chi connectivity index (χ4n) is 3.84. The first-order valence-corrected chi connectivity index (χ1v) is 9.72. The predicted molar refractivity (Wildman–Crippen MR) is 106 cm³/mol. The first-order chi connectivity index (χ1) is 13.5. The number of carbonyl (C=O) groups excluding carboxylic acids is 2. The molecule has 2 aromatic rings. The minimum absolute atomic E-state index is 0.174. The molecule has 146 valence electrons. The van der Waals surface area contributed by atoms with Crippen LogP contribution in [0.1, 0.15) is 12.0 Å². The van der Waals surface area contributed by atoms with Gasteiger partial charge in [0.1, 0.15) is 5.82 Å². The monoisotopic (exact) mass is 401 g/mol. The van der Waals surface area contributed by atoms with E-state index in [2.05, 4.69) is 9.80 Å². The number of rotatable bonds is 4. The highest BCUT2D eigenvalue weighted by molar-refractivity contribution is 6.30. The lowest BCUT2D eigenvalue weighted by atomic mass is 10.1. The van der Waals surface area contributed by atoms with E-state index < -0.39 is 11.9 Å². The molecular formula is C21H21ClFN3O2. The number of nitrogens with zero attached hydrogens (tertiary/aromatic N) is 3. The fraction of sp³-hybridized carbons (Fsp3) is 0.333. The molecule has 2 heterocycles. The van der Waals surface area contributed by atoms with Gasteiger partial charge in [0.2, 0.25) is 5.91 Å². The van der Waals surface area contributed by atoms with E-state index >= 15 is 0 Å². The maximum atomic E-state index is 13.1. The van der Waals surface area contributed by atoms with Gasteiger partial charge < -0.3 is 0 Å². The van der Waals surface area contributed by atoms with Crippen molar-refractivity contribution in [3.8, 4) is 0 Å². The Morgan fingerprint density at radius 1 is 0.929 bits per heavy atom. The van der Waals surface area contributed by atoms with E-state index in [-0.39, 0.29) is 18.2 Å². The summed E-state index contributed by atoms with van der Waals surface area (Å²) >= 11 is 5.93. The van der Waals surface area contributed by atoms with Crippen LogP contribution in [0.2, 0.25) is 5.02 Å². The van der Waals surface area contributed by atoms with Crippen LogP contribution in [0.4, 0.5) is 10.1 Å². The lowest BCUT2D eigenvalue weighted by Gasteiger charge is -2.37. The zero-order chi connectivity index (χ0) is 19.7. The standard InChI is InChI=1S/C21H21ClFN3O2/c22-16-3-1-15(2-4-16)14-24-9-11-25(12-10-24)19-13-20(27)26(21(19)28)18-7-5-17(23)6-8-18/h1-8,19H,9-14H2. The van der Waals surface area contributed by atoms with Crippen molar-refractivity contribution >= 4 is 29.1 Å². The van der Waals surface area contributed by atoms with Gasteiger partial charge in [0.25, 0.3) is 5.91 Å². The molecule has 0 aromatic heterocycles. The summed E-state index contributed by atoms with van der Waals surface area (Å²) in [4.78, 5) is 30.9. The average Bonchev–Trinajstić information content (AvgIpc) is 2.99. The van der Waals surface area contributed by atoms with Crippen molar-refractivity contribution in [2.45, 2.75) is 19.0 Å². The second kappa shape index (κ2) is 7.99. The molecule has 5 nitrogen and oxygen atoms in total. The predicted octanol–water partition coefficient (Wildman–Crippen LogP) is 2.93. The van der Waals surface area contributed by atoms with Gasteiger partial charge in [-0.05, 0) is 42.0 Å². The molecule has 0 aliphatic carbocycles. The normalized spacial score (nSPS) is 21.5. The average molecular weight is 402 g/mol. The SMILES string of the molecule is O=C1CC(N2CCN(Cc3ccc(Cl)cc3)CC2)C(=O)N1c1ccc(F)cc1. The van der Waals surface area contributed by atoms with Crippen LogP contribution in [-0.4, -0.2) is 53.8 Å².